The minimum atomic E-state index is -0.853. The third kappa shape index (κ3) is 2.19. The highest BCUT2D eigenvalue weighted by molar-refractivity contribution is 5.33. The summed E-state index contributed by atoms with van der Waals surface area (Å²) >= 11 is 0. The summed E-state index contributed by atoms with van der Waals surface area (Å²) in [6.45, 7) is 1.96. The highest BCUT2D eigenvalue weighted by atomic mass is 19.1. The minimum absolute atomic E-state index is 0.252. The molecule has 1 N–H and O–H groups in total. The van der Waals surface area contributed by atoms with Crippen molar-refractivity contribution in [3.05, 3.63) is 35.1 Å². The first kappa shape index (κ1) is 13.1. The molecular weight excluding hydrogens is 241 g/mol. The Morgan fingerprint density at radius 1 is 1.26 bits per heavy atom. The van der Waals surface area contributed by atoms with E-state index in [1.165, 1.54) is 18.6 Å². The number of piperidine rings is 2. The Labute approximate surface area is 114 Å². The van der Waals surface area contributed by atoms with Crippen molar-refractivity contribution >= 4 is 0 Å². The van der Waals surface area contributed by atoms with Crippen LogP contribution in [0.5, 0.6) is 0 Å². The van der Waals surface area contributed by atoms with E-state index >= 15 is 0 Å². The molecule has 2 atom stereocenters. The van der Waals surface area contributed by atoms with Crippen LogP contribution < -0.4 is 0 Å². The van der Waals surface area contributed by atoms with Crippen LogP contribution in [0.2, 0.25) is 0 Å². The van der Waals surface area contributed by atoms with E-state index in [1.807, 2.05) is 6.92 Å². The van der Waals surface area contributed by atoms with Gasteiger partial charge in [0.25, 0.3) is 0 Å². The van der Waals surface area contributed by atoms with Gasteiger partial charge in [-0.05, 0) is 62.9 Å². The topological polar surface area (TPSA) is 23.5 Å². The van der Waals surface area contributed by atoms with Crippen molar-refractivity contribution in [3.8, 4) is 0 Å². The van der Waals surface area contributed by atoms with E-state index in [1.54, 1.807) is 6.07 Å². The summed E-state index contributed by atoms with van der Waals surface area (Å²) in [4.78, 5) is 2.41. The molecule has 0 amide bonds. The first-order valence-corrected chi connectivity index (χ1v) is 7.20. The van der Waals surface area contributed by atoms with E-state index in [9.17, 15) is 9.50 Å². The van der Waals surface area contributed by atoms with Crippen LogP contribution in [0.1, 0.15) is 43.2 Å². The maximum absolute atomic E-state index is 13.5. The average molecular weight is 263 g/mol. The molecular formula is C16H22FNO. The molecule has 1 aromatic carbocycles. The first-order valence-electron chi connectivity index (χ1n) is 7.20. The molecule has 2 saturated heterocycles. The molecule has 0 radical (unpaired) electrons. The quantitative estimate of drug-likeness (QED) is 0.842. The largest absolute Gasteiger partial charge is 0.385 e. The number of aliphatic hydroxyl groups is 1. The summed E-state index contributed by atoms with van der Waals surface area (Å²) in [5.41, 5.74) is 0.929. The lowest BCUT2D eigenvalue weighted by Gasteiger charge is -2.51. The summed E-state index contributed by atoms with van der Waals surface area (Å²) in [7, 11) is 2.16. The number of hydrogen-bond donors (Lipinski definition) is 1. The molecule has 2 aliphatic rings. The predicted octanol–water partition coefficient (Wildman–Crippen LogP) is 2.97. The smallest absolute Gasteiger partial charge is 0.123 e. The fourth-order valence-corrected chi connectivity index (χ4v) is 3.97. The maximum atomic E-state index is 13.5. The normalized spacial score (nSPS) is 35.4. The Balaban J connectivity index is 1.97. The Hall–Kier alpha value is -0.930. The SMILES string of the molecule is Cc1ccc(F)cc1C1(O)CC2CCCC(C1)N2C. The van der Waals surface area contributed by atoms with Gasteiger partial charge in [-0.15, -0.1) is 0 Å². The van der Waals surface area contributed by atoms with Gasteiger partial charge in [-0.1, -0.05) is 12.5 Å². The third-order valence-electron chi connectivity index (χ3n) is 5.07. The fourth-order valence-electron chi connectivity index (χ4n) is 3.97. The van der Waals surface area contributed by atoms with Crippen LogP contribution in [0.15, 0.2) is 18.2 Å². The highest BCUT2D eigenvalue weighted by Crippen LogP contribution is 2.44. The highest BCUT2D eigenvalue weighted by Gasteiger charge is 2.45. The molecule has 0 aromatic heterocycles. The monoisotopic (exact) mass is 263 g/mol. The molecule has 1 aromatic rings. The minimum Gasteiger partial charge on any atom is -0.385 e. The van der Waals surface area contributed by atoms with E-state index in [-0.39, 0.29) is 5.82 Å². The van der Waals surface area contributed by atoms with Crippen LogP contribution in [0, 0.1) is 12.7 Å². The lowest BCUT2D eigenvalue weighted by molar-refractivity contribution is -0.0879. The lowest BCUT2D eigenvalue weighted by atomic mass is 9.72. The van der Waals surface area contributed by atoms with Crippen LogP contribution in [0.25, 0.3) is 0 Å². The van der Waals surface area contributed by atoms with Gasteiger partial charge >= 0.3 is 0 Å². The Kier molecular flexibility index (Phi) is 3.14. The van der Waals surface area contributed by atoms with Gasteiger partial charge in [-0.2, -0.15) is 0 Å². The van der Waals surface area contributed by atoms with Gasteiger partial charge < -0.3 is 10.0 Å². The van der Waals surface area contributed by atoms with Gasteiger partial charge in [0.15, 0.2) is 0 Å². The molecule has 2 fully saturated rings. The molecule has 2 unspecified atom stereocenters. The first-order chi connectivity index (χ1) is 8.99. The number of fused-ring (bicyclic) bond motifs is 2. The number of aryl methyl sites for hydroxylation is 1. The molecule has 0 saturated carbocycles. The van der Waals surface area contributed by atoms with Gasteiger partial charge in [0.2, 0.25) is 0 Å². The van der Waals surface area contributed by atoms with Crippen molar-refractivity contribution < 1.29 is 9.50 Å². The van der Waals surface area contributed by atoms with Gasteiger partial charge in [0.1, 0.15) is 5.82 Å². The molecule has 104 valence electrons. The number of benzene rings is 1. The molecule has 19 heavy (non-hydrogen) atoms. The Morgan fingerprint density at radius 2 is 1.89 bits per heavy atom. The second kappa shape index (κ2) is 4.57. The van der Waals surface area contributed by atoms with Crippen LogP contribution in [0.3, 0.4) is 0 Å². The van der Waals surface area contributed by atoms with Gasteiger partial charge in [-0.3, -0.25) is 0 Å². The van der Waals surface area contributed by atoms with E-state index in [2.05, 4.69) is 11.9 Å². The van der Waals surface area contributed by atoms with Crippen molar-refractivity contribution in [1.82, 2.24) is 4.90 Å². The van der Waals surface area contributed by atoms with E-state index in [4.69, 9.17) is 0 Å². The fraction of sp³-hybridized carbons (Fsp3) is 0.625. The van der Waals surface area contributed by atoms with E-state index in [0.29, 0.717) is 12.1 Å². The number of rotatable bonds is 1. The van der Waals surface area contributed by atoms with Gasteiger partial charge in [-0.25, -0.2) is 4.39 Å². The Morgan fingerprint density at radius 3 is 2.53 bits per heavy atom. The molecule has 0 spiro atoms. The van der Waals surface area contributed by atoms with Crippen molar-refractivity contribution in [2.75, 3.05) is 7.05 Å². The number of halogens is 1. The third-order valence-corrected chi connectivity index (χ3v) is 5.07. The van der Waals surface area contributed by atoms with Gasteiger partial charge in [0, 0.05) is 12.1 Å². The molecule has 2 bridgehead atoms. The summed E-state index contributed by atoms with van der Waals surface area (Å²) < 4.78 is 13.5. The molecule has 3 rings (SSSR count). The number of nitrogens with zero attached hydrogens (tertiary/aromatic N) is 1. The predicted molar refractivity (Wildman–Crippen MR) is 73.5 cm³/mol. The van der Waals surface area contributed by atoms with Gasteiger partial charge in [0.05, 0.1) is 5.60 Å². The second-order valence-electron chi connectivity index (χ2n) is 6.30. The van der Waals surface area contributed by atoms with Crippen molar-refractivity contribution in [3.63, 3.8) is 0 Å². The van der Waals surface area contributed by atoms with E-state index in [0.717, 1.165) is 36.8 Å². The number of hydrogen-bond acceptors (Lipinski definition) is 2. The van der Waals surface area contributed by atoms with Crippen molar-refractivity contribution in [2.24, 2.45) is 0 Å². The van der Waals surface area contributed by atoms with Crippen LogP contribution >= 0.6 is 0 Å². The zero-order valence-electron chi connectivity index (χ0n) is 11.7. The maximum Gasteiger partial charge on any atom is 0.123 e. The summed E-state index contributed by atoms with van der Waals surface area (Å²) in [6.07, 6.45) is 4.99. The summed E-state index contributed by atoms with van der Waals surface area (Å²) in [6, 6.07) is 5.63. The zero-order chi connectivity index (χ0) is 13.6. The van der Waals surface area contributed by atoms with Crippen molar-refractivity contribution in [1.29, 1.82) is 0 Å². The van der Waals surface area contributed by atoms with Crippen LogP contribution in [-0.4, -0.2) is 29.1 Å². The standard InChI is InChI=1S/C16H22FNO/c1-11-6-7-12(17)8-15(11)16(19)9-13-4-3-5-14(10-16)18(13)2/h6-8,13-14,19H,3-5,9-10H2,1-2H3. The lowest BCUT2D eigenvalue weighted by Crippen LogP contribution is -2.55. The van der Waals surface area contributed by atoms with Crippen LogP contribution in [-0.2, 0) is 5.60 Å². The molecule has 2 aliphatic heterocycles. The average Bonchev–Trinajstić information content (AvgIpc) is 2.34. The van der Waals surface area contributed by atoms with Crippen LogP contribution in [0.4, 0.5) is 4.39 Å². The van der Waals surface area contributed by atoms with Crippen molar-refractivity contribution in [2.45, 2.75) is 56.7 Å². The summed E-state index contributed by atoms with van der Waals surface area (Å²) in [5.74, 6) is -0.252. The molecule has 0 aliphatic carbocycles. The molecule has 2 nitrogen and oxygen atoms in total. The summed E-state index contributed by atoms with van der Waals surface area (Å²) in [5, 5.41) is 11.1. The molecule has 3 heteroatoms. The second-order valence-corrected chi connectivity index (χ2v) is 6.30. The van der Waals surface area contributed by atoms with E-state index < -0.39 is 5.60 Å². The zero-order valence-corrected chi connectivity index (χ0v) is 11.7. The molecule has 2 heterocycles. The Bertz CT molecular complexity index is 474.